The molecule has 1 aromatic rings. The van der Waals surface area contributed by atoms with Crippen molar-refractivity contribution in [1.82, 2.24) is 5.32 Å². The predicted octanol–water partition coefficient (Wildman–Crippen LogP) is 4.21. The van der Waals surface area contributed by atoms with Crippen LogP contribution in [0.5, 0.6) is 0 Å². The van der Waals surface area contributed by atoms with Gasteiger partial charge in [-0.1, -0.05) is 22.0 Å². The number of hydrogen-bond acceptors (Lipinski definition) is 2. The van der Waals surface area contributed by atoms with Gasteiger partial charge in [-0.2, -0.15) is 11.8 Å². The zero-order valence-corrected chi connectivity index (χ0v) is 12.8. The van der Waals surface area contributed by atoms with Crippen LogP contribution in [0.15, 0.2) is 22.7 Å². The van der Waals surface area contributed by atoms with Crippen LogP contribution in [0.2, 0.25) is 0 Å². The van der Waals surface area contributed by atoms with Crippen LogP contribution in [0, 0.1) is 11.7 Å². The Morgan fingerprint density at radius 1 is 1.33 bits per heavy atom. The molecule has 1 aliphatic rings. The Balaban J connectivity index is 1.71. The third-order valence-corrected chi connectivity index (χ3v) is 5.23. The molecule has 0 radical (unpaired) electrons. The van der Waals surface area contributed by atoms with Gasteiger partial charge in [0.2, 0.25) is 0 Å². The summed E-state index contributed by atoms with van der Waals surface area (Å²) < 4.78 is 14.4. The molecule has 0 bridgehead atoms. The van der Waals surface area contributed by atoms with E-state index in [4.69, 9.17) is 0 Å². The van der Waals surface area contributed by atoms with Gasteiger partial charge in [-0.05, 0) is 55.4 Å². The molecular formula is C14H19BrFNS. The van der Waals surface area contributed by atoms with E-state index in [0.29, 0.717) is 6.54 Å². The maximum atomic E-state index is 13.6. The van der Waals surface area contributed by atoms with Crippen LogP contribution in [0.25, 0.3) is 0 Å². The van der Waals surface area contributed by atoms with Gasteiger partial charge in [-0.25, -0.2) is 4.39 Å². The smallest absolute Gasteiger partial charge is 0.128 e. The average molecular weight is 332 g/mol. The van der Waals surface area contributed by atoms with Crippen molar-refractivity contribution in [3.8, 4) is 0 Å². The molecule has 100 valence electrons. The van der Waals surface area contributed by atoms with Gasteiger partial charge in [-0.3, -0.25) is 0 Å². The Bertz CT molecular complexity index is 360. The molecule has 0 spiro atoms. The summed E-state index contributed by atoms with van der Waals surface area (Å²) in [7, 11) is 0. The van der Waals surface area contributed by atoms with Gasteiger partial charge in [0.15, 0.2) is 0 Å². The Morgan fingerprint density at radius 2 is 2.11 bits per heavy atom. The number of halogens is 2. The molecule has 0 amide bonds. The molecule has 0 aliphatic carbocycles. The highest BCUT2D eigenvalue weighted by Crippen LogP contribution is 2.25. The fourth-order valence-electron chi connectivity index (χ4n) is 2.26. The molecule has 4 heteroatoms. The van der Waals surface area contributed by atoms with Crippen molar-refractivity contribution in [2.75, 3.05) is 18.1 Å². The summed E-state index contributed by atoms with van der Waals surface area (Å²) in [6.45, 7) is 1.59. The topological polar surface area (TPSA) is 12.0 Å². The third kappa shape index (κ3) is 4.25. The quantitative estimate of drug-likeness (QED) is 0.811. The van der Waals surface area contributed by atoms with Gasteiger partial charge in [0.1, 0.15) is 5.82 Å². The van der Waals surface area contributed by atoms with E-state index in [1.165, 1.54) is 36.8 Å². The lowest BCUT2D eigenvalue weighted by molar-refractivity contribution is 0.435. The zero-order valence-electron chi connectivity index (χ0n) is 10.4. The summed E-state index contributed by atoms with van der Waals surface area (Å²) in [5.41, 5.74) is 0.733. The lowest BCUT2D eigenvalue weighted by atomic mass is 9.99. The molecule has 0 atom stereocenters. The Morgan fingerprint density at radius 3 is 2.83 bits per heavy atom. The number of thioether (sulfide) groups is 1. The van der Waals surface area contributed by atoms with Gasteiger partial charge < -0.3 is 5.32 Å². The van der Waals surface area contributed by atoms with Crippen molar-refractivity contribution < 1.29 is 4.39 Å². The van der Waals surface area contributed by atoms with E-state index < -0.39 is 0 Å². The maximum absolute atomic E-state index is 13.6. The first kappa shape index (κ1) is 14.4. The van der Waals surface area contributed by atoms with Crippen molar-refractivity contribution in [2.24, 2.45) is 5.92 Å². The normalized spacial score (nSPS) is 17.0. The van der Waals surface area contributed by atoms with Crippen molar-refractivity contribution in [3.63, 3.8) is 0 Å². The molecule has 0 saturated carbocycles. The minimum atomic E-state index is -0.133. The van der Waals surface area contributed by atoms with Crippen LogP contribution in [0.3, 0.4) is 0 Å². The van der Waals surface area contributed by atoms with Crippen LogP contribution >= 0.6 is 27.7 Å². The molecule has 1 fully saturated rings. The summed E-state index contributed by atoms with van der Waals surface area (Å²) >= 11 is 5.46. The van der Waals surface area contributed by atoms with Crippen molar-refractivity contribution >= 4 is 27.7 Å². The average Bonchev–Trinajstić information content (AvgIpc) is 2.38. The predicted molar refractivity (Wildman–Crippen MR) is 80.5 cm³/mol. The molecule has 1 aromatic carbocycles. The molecule has 1 saturated heterocycles. The molecule has 2 rings (SSSR count). The van der Waals surface area contributed by atoms with E-state index in [9.17, 15) is 4.39 Å². The molecule has 1 N–H and O–H groups in total. The van der Waals surface area contributed by atoms with Gasteiger partial charge in [-0.15, -0.1) is 0 Å². The minimum absolute atomic E-state index is 0.133. The SMILES string of the molecule is Fc1cccc(Br)c1CNCCC1CCSCC1. The van der Waals surface area contributed by atoms with Crippen molar-refractivity contribution in [2.45, 2.75) is 25.8 Å². The largest absolute Gasteiger partial charge is 0.313 e. The number of nitrogens with one attached hydrogen (secondary N) is 1. The van der Waals surface area contributed by atoms with Crippen LogP contribution in [-0.2, 0) is 6.54 Å². The summed E-state index contributed by atoms with van der Waals surface area (Å²) in [5, 5.41) is 3.35. The van der Waals surface area contributed by atoms with Gasteiger partial charge in [0.25, 0.3) is 0 Å². The maximum Gasteiger partial charge on any atom is 0.128 e. The second-order valence-electron chi connectivity index (χ2n) is 4.72. The molecular weight excluding hydrogens is 313 g/mol. The number of benzene rings is 1. The second kappa shape index (κ2) is 7.51. The van der Waals surface area contributed by atoms with E-state index in [0.717, 1.165) is 22.5 Å². The first-order valence-electron chi connectivity index (χ1n) is 6.48. The van der Waals surface area contributed by atoms with E-state index in [1.807, 2.05) is 6.07 Å². The summed E-state index contributed by atoms with van der Waals surface area (Å²) in [6.07, 6.45) is 3.90. The first-order chi connectivity index (χ1) is 8.77. The van der Waals surface area contributed by atoms with E-state index >= 15 is 0 Å². The number of hydrogen-bond donors (Lipinski definition) is 1. The minimum Gasteiger partial charge on any atom is -0.313 e. The Hall–Kier alpha value is -0.0600. The third-order valence-electron chi connectivity index (χ3n) is 3.43. The van der Waals surface area contributed by atoms with E-state index in [-0.39, 0.29) is 5.82 Å². The highest BCUT2D eigenvalue weighted by atomic mass is 79.9. The van der Waals surface area contributed by atoms with E-state index in [1.54, 1.807) is 6.07 Å². The van der Waals surface area contributed by atoms with E-state index in [2.05, 4.69) is 33.0 Å². The van der Waals surface area contributed by atoms with Crippen LogP contribution < -0.4 is 5.32 Å². The Labute approximate surface area is 121 Å². The molecule has 1 nitrogen and oxygen atoms in total. The van der Waals surface area contributed by atoms with Crippen LogP contribution in [-0.4, -0.2) is 18.1 Å². The number of rotatable bonds is 5. The van der Waals surface area contributed by atoms with Crippen molar-refractivity contribution in [1.29, 1.82) is 0 Å². The van der Waals surface area contributed by atoms with Crippen LogP contribution in [0.4, 0.5) is 4.39 Å². The molecule has 0 unspecified atom stereocenters. The second-order valence-corrected chi connectivity index (χ2v) is 6.80. The molecule has 1 heterocycles. The fourth-order valence-corrected chi connectivity index (χ4v) is 3.94. The van der Waals surface area contributed by atoms with Gasteiger partial charge in [0.05, 0.1) is 0 Å². The molecule has 18 heavy (non-hydrogen) atoms. The summed E-state index contributed by atoms with van der Waals surface area (Å²) in [6, 6.07) is 5.13. The molecule has 1 aliphatic heterocycles. The highest BCUT2D eigenvalue weighted by Gasteiger charge is 2.13. The lowest BCUT2D eigenvalue weighted by Gasteiger charge is -2.21. The van der Waals surface area contributed by atoms with Gasteiger partial charge >= 0.3 is 0 Å². The monoisotopic (exact) mass is 331 g/mol. The highest BCUT2D eigenvalue weighted by molar-refractivity contribution is 9.10. The standard InChI is InChI=1S/C14H19BrFNS/c15-13-2-1-3-14(16)12(13)10-17-7-4-11-5-8-18-9-6-11/h1-3,11,17H,4-10H2. The lowest BCUT2D eigenvalue weighted by Crippen LogP contribution is -2.20. The summed E-state index contributed by atoms with van der Waals surface area (Å²) in [4.78, 5) is 0. The first-order valence-corrected chi connectivity index (χ1v) is 8.43. The van der Waals surface area contributed by atoms with Gasteiger partial charge in [0, 0.05) is 16.6 Å². The summed E-state index contributed by atoms with van der Waals surface area (Å²) in [5.74, 6) is 3.35. The zero-order chi connectivity index (χ0) is 12.8. The molecule has 0 aromatic heterocycles. The van der Waals surface area contributed by atoms with Crippen LogP contribution in [0.1, 0.15) is 24.8 Å². The van der Waals surface area contributed by atoms with Crippen molar-refractivity contribution in [3.05, 3.63) is 34.1 Å². The Kier molecular flexibility index (Phi) is 5.99. The fraction of sp³-hybridized carbons (Fsp3) is 0.571.